The lowest BCUT2D eigenvalue weighted by Gasteiger charge is -2.13. The molecular formula is C20H31NO3. The molecule has 0 aromatic heterocycles. The van der Waals surface area contributed by atoms with Gasteiger partial charge in [-0.1, -0.05) is 58.1 Å². The number of hydrogen-bond donors (Lipinski definition) is 1. The first-order valence-corrected chi connectivity index (χ1v) is 9.14. The van der Waals surface area contributed by atoms with Gasteiger partial charge in [-0.2, -0.15) is 0 Å². The van der Waals surface area contributed by atoms with E-state index in [0.29, 0.717) is 12.2 Å². The summed E-state index contributed by atoms with van der Waals surface area (Å²) in [7, 11) is 0. The van der Waals surface area contributed by atoms with Crippen LogP contribution in [0.25, 0.3) is 0 Å². The molecule has 0 aliphatic carbocycles. The summed E-state index contributed by atoms with van der Waals surface area (Å²) in [5.41, 5.74) is 1.74. The van der Waals surface area contributed by atoms with Gasteiger partial charge in [-0.25, -0.2) is 4.79 Å². The first kappa shape index (κ1) is 20.2. The van der Waals surface area contributed by atoms with Crippen molar-refractivity contribution in [1.82, 2.24) is 5.32 Å². The van der Waals surface area contributed by atoms with Crippen LogP contribution in [0.2, 0.25) is 0 Å². The van der Waals surface area contributed by atoms with E-state index in [-0.39, 0.29) is 11.9 Å². The van der Waals surface area contributed by atoms with Gasteiger partial charge in [0.25, 0.3) is 5.91 Å². The molecule has 0 bridgehead atoms. The number of hydrogen-bond acceptors (Lipinski definition) is 3. The van der Waals surface area contributed by atoms with Crippen LogP contribution in [-0.4, -0.2) is 24.5 Å². The summed E-state index contributed by atoms with van der Waals surface area (Å²) in [5, 5.41) is 2.69. The standard InChI is InChI=1S/C20H31NO3/c1-4-6-7-8-9-10-15-24-20(23)16(3)21-19(22)18-13-11-17(5-2)12-14-18/h11-14,16H,4-10,15H2,1-3H3,(H,21,22). The van der Waals surface area contributed by atoms with Crippen molar-refractivity contribution in [3.63, 3.8) is 0 Å². The highest BCUT2D eigenvalue weighted by molar-refractivity contribution is 5.96. The number of rotatable bonds is 11. The largest absolute Gasteiger partial charge is 0.464 e. The highest BCUT2D eigenvalue weighted by Crippen LogP contribution is 2.07. The van der Waals surface area contributed by atoms with Gasteiger partial charge in [0.2, 0.25) is 0 Å². The number of unbranched alkanes of at least 4 members (excludes halogenated alkanes) is 5. The Labute approximate surface area is 146 Å². The van der Waals surface area contributed by atoms with Crippen molar-refractivity contribution in [3.8, 4) is 0 Å². The van der Waals surface area contributed by atoms with Gasteiger partial charge < -0.3 is 10.1 Å². The summed E-state index contributed by atoms with van der Waals surface area (Å²) in [5.74, 6) is -0.622. The van der Waals surface area contributed by atoms with Crippen molar-refractivity contribution in [1.29, 1.82) is 0 Å². The molecule has 0 fully saturated rings. The molecule has 1 unspecified atom stereocenters. The molecule has 1 N–H and O–H groups in total. The number of ether oxygens (including phenoxy) is 1. The summed E-state index contributed by atoms with van der Waals surface area (Å²) in [4.78, 5) is 24.0. The maximum absolute atomic E-state index is 12.1. The van der Waals surface area contributed by atoms with Gasteiger partial charge in [0.05, 0.1) is 6.61 Å². The summed E-state index contributed by atoms with van der Waals surface area (Å²) in [6.07, 6.45) is 7.82. The van der Waals surface area contributed by atoms with Crippen molar-refractivity contribution in [2.24, 2.45) is 0 Å². The molecule has 24 heavy (non-hydrogen) atoms. The molecule has 0 spiro atoms. The molecule has 0 aliphatic rings. The average Bonchev–Trinajstić information content (AvgIpc) is 2.60. The van der Waals surface area contributed by atoms with Crippen LogP contribution < -0.4 is 5.32 Å². The molecule has 4 nitrogen and oxygen atoms in total. The minimum atomic E-state index is -0.636. The van der Waals surface area contributed by atoms with E-state index < -0.39 is 6.04 Å². The minimum absolute atomic E-state index is 0.248. The lowest BCUT2D eigenvalue weighted by molar-refractivity contribution is -0.145. The van der Waals surface area contributed by atoms with E-state index in [1.165, 1.54) is 31.2 Å². The van der Waals surface area contributed by atoms with Crippen LogP contribution in [0.1, 0.15) is 75.2 Å². The second-order valence-electron chi connectivity index (χ2n) is 6.18. The zero-order valence-electron chi connectivity index (χ0n) is 15.3. The average molecular weight is 333 g/mol. The van der Waals surface area contributed by atoms with Crippen LogP contribution in [0.4, 0.5) is 0 Å². The Hall–Kier alpha value is -1.84. The smallest absolute Gasteiger partial charge is 0.328 e. The monoisotopic (exact) mass is 333 g/mol. The van der Waals surface area contributed by atoms with Gasteiger partial charge in [0, 0.05) is 5.56 Å². The normalized spacial score (nSPS) is 11.8. The fourth-order valence-electron chi connectivity index (χ4n) is 2.41. The topological polar surface area (TPSA) is 55.4 Å². The van der Waals surface area contributed by atoms with Crippen LogP contribution in [0.5, 0.6) is 0 Å². The third kappa shape index (κ3) is 7.62. The van der Waals surface area contributed by atoms with Crippen LogP contribution in [0, 0.1) is 0 Å². The molecule has 0 saturated carbocycles. The molecule has 0 saturated heterocycles. The van der Waals surface area contributed by atoms with Gasteiger partial charge in [-0.3, -0.25) is 4.79 Å². The van der Waals surface area contributed by atoms with E-state index in [4.69, 9.17) is 4.74 Å². The molecule has 1 aromatic rings. The maximum atomic E-state index is 12.1. The predicted octanol–water partition coefficient (Wildman–Crippen LogP) is 4.27. The molecule has 1 atom stereocenters. The van der Waals surface area contributed by atoms with Crippen molar-refractivity contribution >= 4 is 11.9 Å². The van der Waals surface area contributed by atoms with Crippen molar-refractivity contribution in [2.45, 2.75) is 71.8 Å². The fourth-order valence-corrected chi connectivity index (χ4v) is 2.41. The van der Waals surface area contributed by atoms with E-state index in [1.807, 2.05) is 12.1 Å². The van der Waals surface area contributed by atoms with E-state index in [1.54, 1.807) is 19.1 Å². The third-order valence-electron chi connectivity index (χ3n) is 4.07. The Bertz CT molecular complexity index is 496. The molecular weight excluding hydrogens is 302 g/mol. The summed E-state index contributed by atoms with van der Waals surface area (Å²) >= 11 is 0. The molecule has 0 heterocycles. The Kier molecular flexibility index (Phi) is 9.81. The number of carbonyl (C=O) groups is 2. The first-order chi connectivity index (χ1) is 11.6. The van der Waals surface area contributed by atoms with Gasteiger partial charge in [-0.15, -0.1) is 0 Å². The highest BCUT2D eigenvalue weighted by atomic mass is 16.5. The zero-order chi connectivity index (χ0) is 17.8. The quantitative estimate of drug-likeness (QED) is 0.486. The molecule has 4 heteroatoms. The second-order valence-corrected chi connectivity index (χ2v) is 6.18. The maximum Gasteiger partial charge on any atom is 0.328 e. The Morgan fingerprint density at radius 3 is 2.25 bits per heavy atom. The fraction of sp³-hybridized carbons (Fsp3) is 0.600. The Morgan fingerprint density at radius 1 is 1.00 bits per heavy atom. The number of aryl methyl sites for hydroxylation is 1. The Morgan fingerprint density at radius 2 is 1.62 bits per heavy atom. The molecule has 1 aromatic carbocycles. The number of amides is 1. The van der Waals surface area contributed by atoms with Crippen molar-refractivity contribution in [3.05, 3.63) is 35.4 Å². The van der Waals surface area contributed by atoms with Gasteiger partial charge in [0.15, 0.2) is 0 Å². The van der Waals surface area contributed by atoms with Crippen molar-refractivity contribution in [2.75, 3.05) is 6.61 Å². The minimum Gasteiger partial charge on any atom is -0.464 e. The summed E-state index contributed by atoms with van der Waals surface area (Å²) in [6.45, 7) is 6.34. The lowest BCUT2D eigenvalue weighted by Crippen LogP contribution is -2.39. The number of benzene rings is 1. The van der Waals surface area contributed by atoms with E-state index in [2.05, 4.69) is 19.2 Å². The molecule has 1 amide bonds. The molecule has 134 valence electrons. The van der Waals surface area contributed by atoms with Crippen LogP contribution in [0.15, 0.2) is 24.3 Å². The van der Waals surface area contributed by atoms with Crippen LogP contribution in [-0.2, 0) is 16.0 Å². The van der Waals surface area contributed by atoms with Crippen LogP contribution >= 0.6 is 0 Å². The van der Waals surface area contributed by atoms with Gasteiger partial charge in [-0.05, 0) is 37.5 Å². The van der Waals surface area contributed by atoms with E-state index in [9.17, 15) is 9.59 Å². The third-order valence-corrected chi connectivity index (χ3v) is 4.07. The number of esters is 1. The molecule has 0 aliphatic heterocycles. The van der Waals surface area contributed by atoms with Crippen LogP contribution in [0.3, 0.4) is 0 Å². The zero-order valence-corrected chi connectivity index (χ0v) is 15.3. The number of nitrogens with one attached hydrogen (secondary N) is 1. The van der Waals surface area contributed by atoms with E-state index >= 15 is 0 Å². The predicted molar refractivity (Wildman–Crippen MR) is 97.1 cm³/mol. The van der Waals surface area contributed by atoms with Gasteiger partial charge in [0.1, 0.15) is 6.04 Å². The Balaban J connectivity index is 2.26. The first-order valence-electron chi connectivity index (χ1n) is 9.14. The number of carbonyl (C=O) groups excluding carboxylic acids is 2. The molecule has 1 rings (SSSR count). The van der Waals surface area contributed by atoms with Crippen molar-refractivity contribution < 1.29 is 14.3 Å². The van der Waals surface area contributed by atoms with E-state index in [0.717, 1.165) is 19.3 Å². The summed E-state index contributed by atoms with van der Waals surface area (Å²) in [6, 6.07) is 6.78. The lowest BCUT2D eigenvalue weighted by atomic mass is 10.1. The molecule has 0 radical (unpaired) electrons. The van der Waals surface area contributed by atoms with Gasteiger partial charge >= 0.3 is 5.97 Å². The second kappa shape index (κ2) is 11.7. The SMILES string of the molecule is CCCCCCCCOC(=O)C(C)NC(=O)c1ccc(CC)cc1. The highest BCUT2D eigenvalue weighted by Gasteiger charge is 2.17. The summed E-state index contributed by atoms with van der Waals surface area (Å²) < 4.78 is 5.23.